The second-order valence-electron chi connectivity index (χ2n) is 6.14. The van der Waals surface area contributed by atoms with E-state index in [1.54, 1.807) is 18.2 Å². The Kier molecular flexibility index (Phi) is 6.26. The van der Waals surface area contributed by atoms with Crippen LogP contribution in [0.15, 0.2) is 48.5 Å². The summed E-state index contributed by atoms with van der Waals surface area (Å²) >= 11 is 12.3. The zero-order valence-electron chi connectivity index (χ0n) is 15.2. The fraction of sp³-hybridized carbons (Fsp3) is 0.105. The van der Waals surface area contributed by atoms with Gasteiger partial charge in [-0.1, -0.05) is 29.3 Å². The maximum Gasteiger partial charge on any atom is 0.311 e. The Labute approximate surface area is 177 Å². The van der Waals surface area contributed by atoms with Crippen LogP contribution in [0.2, 0.25) is 10.0 Å². The van der Waals surface area contributed by atoms with Gasteiger partial charge >= 0.3 is 5.69 Å². The van der Waals surface area contributed by atoms with Crippen molar-refractivity contribution in [1.29, 1.82) is 0 Å². The second kappa shape index (κ2) is 8.85. The fourth-order valence-electron chi connectivity index (χ4n) is 2.73. The molecule has 0 radical (unpaired) electrons. The molecule has 0 bridgehead atoms. The predicted molar refractivity (Wildman–Crippen MR) is 119 cm³/mol. The van der Waals surface area contributed by atoms with Gasteiger partial charge in [-0.2, -0.15) is 0 Å². The van der Waals surface area contributed by atoms with Gasteiger partial charge in [0.15, 0.2) is 0 Å². The lowest BCUT2D eigenvalue weighted by atomic mass is 10.0. The molecule has 0 atom stereocenters. The van der Waals surface area contributed by atoms with Gasteiger partial charge in [-0.25, -0.2) is 4.98 Å². The molecule has 0 amide bonds. The van der Waals surface area contributed by atoms with Crippen molar-refractivity contribution in [3.8, 4) is 11.1 Å². The van der Waals surface area contributed by atoms with Crippen LogP contribution < -0.4 is 22.1 Å². The molecule has 150 valence electrons. The Morgan fingerprint density at radius 3 is 2.41 bits per heavy atom. The number of nitrogens with one attached hydrogen (secondary N) is 2. The number of halogens is 2. The number of hydrogen-bond acceptors (Lipinski definition) is 7. The van der Waals surface area contributed by atoms with Crippen molar-refractivity contribution in [1.82, 2.24) is 4.98 Å². The third-order valence-corrected chi connectivity index (χ3v) is 4.68. The van der Waals surface area contributed by atoms with E-state index in [1.807, 2.05) is 18.2 Å². The third-order valence-electron chi connectivity index (χ3n) is 4.13. The van der Waals surface area contributed by atoms with Crippen molar-refractivity contribution in [2.45, 2.75) is 0 Å². The standard InChI is InChI=1S/C19H18Cl2N6O2/c20-11-1-3-13(15(21)9-11)14-10-12(2-4-16(14)22)24-7-8-25-18-6-5-17(27(28)29)19(23)26-18/h1-6,9-10,24H,7-8,22H2,(H3,23,25,26). The molecule has 10 heteroatoms. The van der Waals surface area contributed by atoms with Crippen LogP contribution in [0.25, 0.3) is 11.1 Å². The van der Waals surface area contributed by atoms with E-state index in [4.69, 9.17) is 34.7 Å². The number of benzene rings is 2. The minimum atomic E-state index is -0.570. The smallest absolute Gasteiger partial charge is 0.311 e. The van der Waals surface area contributed by atoms with Gasteiger partial charge in [0.1, 0.15) is 5.82 Å². The molecule has 3 rings (SSSR count). The van der Waals surface area contributed by atoms with Gasteiger partial charge in [-0.05, 0) is 36.4 Å². The van der Waals surface area contributed by atoms with E-state index in [0.717, 1.165) is 16.8 Å². The summed E-state index contributed by atoms with van der Waals surface area (Å²) in [5.74, 6) is 0.330. The van der Waals surface area contributed by atoms with Crippen molar-refractivity contribution in [2.75, 3.05) is 35.2 Å². The number of nitrogen functional groups attached to an aromatic ring is 2. The summed E-state index contributed by atoms with van der Waals surface area (Å²) in [6, 6.07) is 13.7. The van der Waals surface area contributed by atoms with Gasteiger partial charge in [0.05, 0.1) is 4.92 Å². The molecule has 0 aliphatic heterocycles. The summed E-state index contributed by atoms with van der Waals surface area (Å²) in [6.07, 6.45) is 0. The zero-order chi connectivity index (χ0) is 21.0. The molecule has 8 nitrogen and oxygen atoms in total. The summed E-state index contributed by atoms with van der Waals surface area (Å²) in [5.41, 5.74) is 14.5. The number of nitrogens with two attached hydrogens (primary N) is 2. The SMILES string of the molecule is Nc1ccc(NCCNc2ccc([N+](=O)[O-])c(N)n2)cc1-c1ccc(Cl)cc1Cl. The number of rotatable bonds is 7. The molecule has 0 spiro atoms. The maximum atomic E-state index is 10.8. The van der Waals surface area contributed by atoms with Gasteiger partial charge in [-0.3, -0.25) is 10.1 Å². The van der Waals surface area contributed by atoms with E-state index in [9.17, 15) is 10.1 Å². The van der Waals surface area contributed by atoms with Crippen molar-refractivity contribution in [3.63, 3.8) is 0 Å². The van der Waals surface area contributed by atoms with Gasteiger partial charge in [-0.15, -0.1) is 0 Å². The van der Waals surface area contributed by atoms with Gasteiger partial charge in [0.2, 0.25) is 5.82 Å². The van der Waals surface area contributed by atoms with Crippen LogP contribution in [0.5, 0.6) is 0 Å². The molecular weight excluding hydrogens is 415 g/mol. The number of nitro groups is 1. The summed E-state index contributed by atoms with van der Waals surface area (Å²) < 4.78 is 0. The first-order chi connectivity index (χ1) is 13.8. The van der Waals surface area contributed by atoms with E-state index in [0.29, 0.717) is 34.6 Å². The number of pyridine rings is 1. The molecule has 0 fully saturated rings. The van der Waals surface area contributed by atoms with Crippen LogP contribution in [-0.4, -0.2) is 23.0 Å². The molecular formula is C19H18Cl2N6O2. The summed E-state index contributed by atoms with van der Waals surface area (Å²) in [4.78, 5) is 14.2. The van der Waals surface area contributed by atoms with Gasteiger partial charge in [0, 0.05) is 51.7 Å². The topological polar surface area (TPSA) is 132 Å². The lowest BCUT2D eigenvalue weighted by Gasteiger charge is -2.13. The largest absolute Gasteiger partial charge is 0.398 e. The highest BCUT2D eigenvalue weighted by Gasteiger charge is 2.12. The highest BCUT2D eigenvalue weighted by molar-refractivity contribution is 6.36. The summed E-state index contributed by atoms with van der Waals surface area (Å²) in [6.45, 7) is 1.09. The number of aromatic nitrogens is 1. The molecule has 0 aliphatic carbocycles. The van der Waals surface area contributed by atoms with Crippen LogP contribution in [-0.2, 0) is 0 Å². The number of nitrogens with zero attached hydrogens (tertiary/aromatic N) is 2. The first kappa shape index (κ1) is 20.5. The Morgan fingerprint density at radius 2 is 1.72 bits per heavy atom. The lowest BCUT2D eigenvalue weighted by Crippen LogP contribution is -2.15. The average Bonchev–Trinajstić information content (AvgIpc) is 2.66. The highest BCUT2D eigenvalue weighted by atomic mass is 35.5. The average molecular weight is 433 g/mol. The Morgan fingerprint density at radius 1 is 0.966 bits per heavy atom. The molecule has 0 saturated heterocycles. The second-order valence-corrected chi connectivity index (χ2v) is 6.98. The zero-order valence-corrected chi connectivity index (χ0v) is 16.7. The molecule has 1 aromatic heterocycles. The molecule has 0 saturated carbocycles. The van der Waals surface area contributed by atoms with Crippen LogP contribution in [0, 0.1) is 10.1 Å². The molecule has 3 aromatic rings. The molecule has 6 N–H and O–H groups in total. The summed E-state index contributed by atoms with van der Waals surface area (Å²) in [5, 5.41) is 18.2. The van der Waals surface area contributed by atoms with E-state index in [1.165, 1.54) is 12.1 Å². The van der Waals surface area contributed by atoms with E-state index >= 15 is 0 Å². The van der Waals surface area contributed by atoms with Crippen molar-refractivity contribution in [3.05, 3.63) is 68.7 Å². The number of anilines is 4. The van der Waals surface area contributed by atoms with Crippen LogP contribution in [0.1, 0.15) is 0 Å². The van der Waals surface area contributed by atoms with Crippen LogP contribution in [0.4, 0.5) is 28.7 Å². The van der Waals surface area contributed by atoms with Crippen molar-refractivity contribution >= 4 is 51.9 Å². The van der Waals surface area contributed by atoms with Crippen molar-refractivity contribution < 1.29 is 4.92 Å². The minimum absolute atomic E-state index is 0.129. The Hall–Kier alpha value is -3.23. The Bertz CT molecular complexity index is 1060. The molecule has 0 aliphatic rings. The predicted octanol–water partition coefficient (Wildman–Crippen LogP) is 4.65. The first-order valence-electron chi connectivity index (χ1n) is 8.59. The molecule has 1 heterocycles. The Balaban J connectivity index is 1.63. The van der Waals surface area contributed by atoms with Crippen LogP contribution >= 0.6 is 23.2 Å². The number of hydrogen-bond donors (Lipinski definition) is 4. The normalized spacial score (nSPS) is 10.6. The quantitative estimate of drug-likeness (QED) is 0.185. The van der Waals surface area contributed by atoms with Gasteiger partial charge < -0.3 is 22.1 Å². The minimum Gasteiger partial charge on any atom is -0.398 e. The highest BCUT2D eigenvalue weighted by Crippen LogP contribution is 2.35. The molecule has 2 aromatic carbocycles. The fourth-order valence-corrected chi connectivity index (χ4v) is 3.24. The molecule has 29 heavy (non-hydrogen) atoms. The van der Waals surface area contributed by atoms with E-state index < -0.39 is 4.92 Å². The lowest BCUT2D eigenvalue weighted by molar-refractivity contribution is -0.384. The third kappa shape index (κ3) is 4.98. The first-order valence-corrected chi connectivity index (χ1v) is 9.34. The summed E-state index contributed by atoms with van der Waals surface area (Å²) in [7, 11) is 0. The van der Waals surface area contributed by atoms with Gasteiger partial charge in [0.25, 0.3) is 0 Å². The van der Waals surface area contributed by atoms with E-state index in [-0.39, 0.29) is 11.5 Å². The van der Waals surface area contributed by atoms with E-state index in [2.05, 4.69) is 15.6 Å². The molecule has 0 unspecified atom stereocenters. The monoisotopic (exact) mass is 432 g/mol. The van der Waals surface area contributed by atoms with Crippen LogP contribution in [0.3, 0.4) is 0 Å². The maximum absolute atomic E-state index is 10.8. The van der Waals surface area contributed by atoms with Crippen molar-refractivity contribution in [2.24, 2.45) is 0 Å².